The summed E-state index contributed by atoms with van der Waals surface area (Å²) < 4.78 is 18.4. The van der Waals surface area contributed by atoms with Gasteiger partial charge < -0.3 is 24.2 Å². The van der Waals surface area contributed by atoms with Crippen LogP contribution in [-0.4, -0.2) is 53.3 Å². The molecule has 1 amide bonds. The molecule has 34 heavy (non-hydrogen) atoms. The summed E-state index contributed by atoms with van der Waals surface area (Å²) in [5.74, 6) is 0.164. The third-order valence-electron chi connectivity index (χ3n) is 7.21. The fraction of sp³-hybridized carbons (Fsp3) is 0.462. The van der Waals surface area contributed by atoms with Gasteiger partial charge >= 0.3 is 5.97 Å². The highest BCUT2D eigenvalue weighted by molar-refractivity contribution is 6.30. The number of carbonyl (C=O) groups is 2. The lowest BCUT2D eigenvalue weighted by Gasteiger charge is -2.53. The van der Waals surface area contributed by atoms with Crippen LogP contribution in [-0.2, 0) is 9.53 Å². The molecule has 3 aliphatic heterocycles. The molecule has 3 heterocycles. The lowest BCUT2D eigenvalue weighted by molar-refractivity contribution is -0.184. The van der Waals surface area contributed by atoms with Crippen molar-refractivity contribution in [2.24, 2.45) is 11.8 Å². The minimum Gasteiger partial charge on any atom is -0.487 e. The monoisotopic (exact) mass is 485 g/mol. The Morgan fingerprint density at radius 2 is 2.03 bits per heavy atom. The van der Waals surface area contributed by atoms with Crippen LogP contribution in [0, 0.1) is 11.8 Å². The van der Waals surface area contributed by atoms with E-state index in [0.717, 1.165) is 24.2 Å². The molecule has 1 N–H and O–H groups in total. The molecule has 0 saturated carbocycles. The number of rotatable bonds is 4. The molecule has 180 valence electrons. The van der Waals surface area contributed by atoms with Gasteiger partial charge in [0.1, 0.15) is 17.1 Å². The van der Waals surface area contributed by atoms with Gasteiger partial charge in [-0.2, -0.15) is 0 Å². The number of carbonyl (C=O) groups excluding carboxylic acids is 1. The summed E-state index contributed by atoms with van der Waals surface area (Å²) in [6, 6.07) is 12.5. The second kappa shape index (κ2) is 8.78. The molecule has 4 atom stereocenters. The van der Waals surface area contributed by atoms with Crippen LogP contribution in [0.1, 0.15) is 48.7 Å². The molecule has 3 aliphatic rings. The van der Waals surface area contributed by atoms with E-state index >= 15 is 0 Å². The summed E-state index contributed by atoms with van der Waals surface area (Å²) in [5.41, 5.74) is 0.958. The zero-order valence-corrected chi connectivity index (χ0v) is 20.0. The van der Waals surface area contributed by atoms with Crippen LogP contribution >= 0.6 is 11.6 Å². The number of piperidine rings is 1. The maximum Gasteiger partial charge on any atom is 0.341 e. The average molecular weight is 486 g/mol. The van der Waals surface area contributed by atoms with Crippen LogP contribution in [0.3, 0.4) is 0 Å². The van der Waals surface area contributed by atoms with Crippen molar-refractivity contribution in [2.75, 3.05) is 19.7 Å². The van der Waals surface area contributed by atoms with Gasteiger partial charge in [-0.1, -0.05) is 23.7 Å². The standard InChI is InChI=1S/C26H28ClNO6/c1-26(2)19-11-15-13-28(25(31)17-5-3-4-6-21(17)32-14-23(29)30)10-9-20(15)33-24(19)18-12-16(27)7-8-22(18)34-26/h3-8,12,15,19-20,24H,9-11,13-14H2,1-2H3,(H,29,30)/t15-,19-,20-,24+/m0/s1. The summed E-state index contributed by atoms with van der Waals surface area (Å²) >= 11 is 6.28. The van der Waals surface area contributed by atoms with E-state index in [1.54, 1.807) is 24.3 Å². The highest BCUT2D eigenvalue weighted by Crippen LogP contribution is 2.53. The number of likely N-dealkylation sites (tertiary alicyclic amines) is 1. The van der Waals surface area contributed by atoms with Gasteiger partial charge in [-0.05, 0) is 57.0 Å². The van der Waals surface area contributed by atoms with E-state index in [9.17, 15) is 9.59 Å². The Balaban J connectivity index is 1.35. The van der Waals surface area contributed by atoms with Crippen molar-refractivity contribution < 1.29 is 28.9 Å². The molecule has 5 rings (SSSR count). The number of ether oxygens (including phenoxy) is 3. The molecule has 7 nitrogen and oxygen atoms in total. The molecule has 0 unspecified atom stereocenters. The van der Waals surface area contributed by atoms with E-state index in [1.807, 2.05) is 23.1 Å². The molecule has 0 aliphatic carbocycles. The van der Waals surface area contributed by atoms with Crippen LogP contribution in [0.15, 0.2) is 42.5 Å². The van der Waals surface area contributed by atoms with E-state index in [-0.39, 0.29) is 35.7 Å². The zero-order valence-electron chi connectivity index (χ0n) is 19.2. The number of fused-ring (bicyclic) bond motifs is 4. The van der Waals surface area contributed by atoms with E-state index < -0.39 is 18.2 Å². The van der Waals surface area contributed by atoms with Gasteiger partial charge in [0.15, 0.2) is 6.61 Å². The molecule has 8 heteroatoms. The third-order valence-corrected chi connectivity index (χ3v) is 7.44. The van der Waals surface area contributed by atoms with Crippen LogP contribution in [0.5, 0.6) is 11.5 Å². The van der Waals surface area contributed by atoms with Gasteiger partial charge in [-0.25, -0.2) is 4.79 Å². The number of carboxylic acids is 1. The van der Waals surface area contributed by atoms with Crippen molar-refractivity contribution in [1.29, 1.82) is 0 Å². The smallest absolute Gasteiger partial charge is 0.341 e. The van der Waals surface area contributed by atoms with E-state index in [4.69, 9.17) is 30.9 Å². The van der Waals surface area contributed by atoms with Gasteiger partial charge in [-0.15, -0.1) is 0 Å². The van der Waals surface area contributed by atoms with Gasteiger partial charge in [0.2, 0.25) is 0 Å². The van der Waals surface area contributed by atoms with Gasteiger partial charge in [0, 0.05) is 35.5 Å². The summed E-state index contributed by atoms with van der Waals surface area (Å²) in [6.45, 7) is 4.82. The SMILES string of the molecule is CC1(C)Oc2ccc(Cl)cc2[C@H]2O[C@H]3CCN(C(=O)c4ccccc4OCC(=O)O)C[C@@H]3C[C@@H]21. The van der Waals surface area contributed by atoms with Crippen LogP contribution in [0.25, 0.3) is 0 Å². The summed E-state index contributed by atoms with van der Waals surface area (Å²) in [6.07, 6.45) is 1.56. The first kappa shape index (κ1) is 23.0. The minimum atomic E-state index is -1.09. The molecular formula is C26H28ClNO6. The van der Waals surface area contributed by atoms with Crippen LogP contribution in [0.4, 0.5) is 0 Å². The van der Waals surface area contributed by atoms with Crippen LogP contribution in [0.2, 0.25) is 5.02 Å². The fourth-order valence-electron chi connectivity index (χ4n) is 5.54. The number of hydrogen-bond donors (Lipinski definition) is 1. The highest BCUT2D eigenvalue weighted by Gasteiger charge is 2.51. The first-order valence-electron chi connectivity index (χ1n) is 11.6. The highest BCUT2D eigenvalue weighted by atomic mass is 35.5. The molecule has 2 aromatic carbocycles. The third kappa shape index (κ3) is 4.23. The minimum absolute atomic E-state index is 0.0459. The molecule has 2 fully saturated rings. The van der Waals surface area contributed by atoms with Crippen molar-refractivity contribution in [2.45, 2.75) is 44.5 Å². The quantitative estimate of drug-likeness (QED) is 0.682. The Kier molecular flexibility index (Phi) is 5.94. The second-order valence-electron chi connectivity index (χ2n) is 9.80. The Labute approximate surface area is 203 Å². The fourth-order valence-corrected chi connectivity index (χ4v) is 5.73. The maximum absolute atomic E-state index is 13.4. The molecule has 0 bridgehead atoms. The van der Waals surface area contributed by atoms with E-state index in [0.29, 0.717) is 23.7 Å². The van der Waals surface area contributed by atoms with E-state index in [2.05, 4.69) is 13.8 Å². The molecule has 0 spiro atoms. The summed E-state index contributed by atoms with van der Waals surface area (Å²) in [5, 5.41) is 9.61. The normalized spacial score (nSPS) is 27.0. The first-order valence-corrected chi connectivity index (χ1v) is 12.0. The van der Waals surface area contributed by atoms with Crippen molar-refractivity contribution >= 4 is 23.5 Å². The number of benzene rings is 2. The molecule has 2 aromatic rings. The summed E-state index contributed by atoms with van der Waals surface area (Å²) in [4.78, 5) is 26.1. The van der Waals surface area contributed by atoms with Crippen molar-refractivity contribution in [3.8, 4) is 11.5 Å². The molecule has 0 radical (unpaired) electrons. The van der Waals surface area contributed by atoms with Crippen molar-refractivity contribution in [3.63, 3.8) is 0 Å². The summed E-state index contributed by atoms with van der Waals surface area (Å²) in [7, 11) is 0. The van der Waals surface area contributed by atoms with E-state index in [1.165, 1.54) is 0 Å². The topological polar surface area (TPSA) is 85.3 Å². The lowest BCUT2D eigenvalue weighted by Crippen LogP contribution is -2.56. The lowest BCUT2D eigenvalue weighted by atomic mass is 9.70. The number of amides is 1. The van der Waals surface area contributed by atoms with Crippen molar-refractivity contribution in [3.05, 3.63) is 58.6 Å². The van der Waals surface area contributed by atoms with Gasteiger partial charge in [-0.3, -0.25) is 4.79 Å². The van der Waals surface area contributed by atoms with Crippen LogP contribution < -0.4 is 9.47 Å². The number of nitrogens with zero attached hydrogens (tertiary/aromatic N) is 1. The van der Waals surface area contributed by atoms with Crippen molar-refractivity contribution in [1.82, 2.24) is 4.90 Å². The Hall–Kier alpha value is -2.77. The molecule has 0 aromatic heterocycles. The predicted molar refractivity (Wildman–Crippen MR) is 125 cm³/mol. The molecular weight excluding hydrogens is 458 g/mol. The van der Waals surface area contributed by atoms with Gasteiger partial charge in [0.05, 0.1) is 17.8 Å². The number of carboxylic acid groups (broad SMARTS) is 1. The van der Waals surface area contributed by atoms with Gasteiger partial charge in [0.25, 0.3) is 5.91 Å². The Morgan fingerprint density at radius 1 is 1.24 bits per heavy atom. The number of para-hydroxylation sites is 1. The Bertz CT molecular complexity index is 1120. The number of halogens is 1. The zero-order chi connectivity index (χ0) is 24.0. The number of hydrogen-bond acceptors (Lipinski definition) is 5. The molecule has 2 saturated heterocycles. The Morgan fingerprint density at radius 3 is 2.82 bits per heavy atom. The largest absolute Gasteiger partial charge is 0.487 e. The number of aliphatic carboxylic acids is 1. The average Bonchev–Trinajstić information content (AvgIpc) is 2.81. The predicted octanol–water partition coefficient (Wildman–Crippen LogP) is 4.58. The maximum atomic E-state index is 13.4. The first-order chi connectivity index (χ1) is 16.2. The second-order valence-corrected chi connectivity index (χ2v) is 10.2.